The Labute approximate surface area is 167 Å². The van der Waals surface area contributed by atoms with E-state index in [1.54, 1.807) is 19.3 Å². The van der Waals surface area contributed by atoms with Crippen molar-refractivity contribution in [2.24, 2.45) is 0 Å². The SMILES string of the molecule is Cc1ccc(C#C[C@@](C)(O)c2nccs2)cc1-c1ccc2ccnc(N)c2c1. The molecule has 1 atom stereocenters. The van der Waals surface area contributed by atoms with Gasteiger partial charge >= 0.3 is 0 Å². The Balaban J connectivity index is 1.75. The Bertz CT molecular complexity index is 1220. The van der Waals surface area contributed by atoms with Crippen molar-refractivity contribution < 1.29 is 5.11 Å². The summed E-state index contributed by atoms with van der Waals surface area (Å²) in [6.07, 6.45) is 3.38. The summed E-state index contributed by atoms with van der Waals surface area (Å²) in [7, 11) is 0. The van der Waals surface area contributed by atoms with Gasteiger partial charge in [-0.2, -0.15) is 0 Å². The smallest absolute Gasteiger partial charge is 0.174 e. The molecule has 28 heavy (non-hydrogen) atoms. The second-order valence-electron chi connectivity index (χ2n) is 6.82. The lowest BCUT2D eigenvalue weighted by Gasteiger charge is -2.12. The maximum absolute atomic E-state index is 10.6. The average Bonchev–Trinajstić information content (AvgIpc) is 3.23. The molecule has 3 N–H and O–H groups in total. The molecule has 0 saturated carbocycles. The first kappa shape index (κ1) is 18.2. The highest BCUT2D eigenvalue weighted by Crippen LogP contribution is 2.29. The normalized spacial score (nSPS) is 13.0. The van der Waals surface area contributed by atoms with Gasteiger partial charge in [-0.25, -0.2) is 9.97 Å². The van der Waals surface area contributed by atoms with Crippen LogP contribution in [-0.2, 0) is 5.60 Å². The molecule has 2 aromatic carbocycles. The molecule has 0 bridgehead atoms. The van der Waals surface area contributed by atoms with Crippen molar-refractivity contribution in [3.8, 4) is 23.0 Å². The van der Waals surface area contributed by atoms with E-state index < -0.39 is 5.60 Å². The van der Waals surface area contributed by atoms with Crippen LogP contribution in [0.5, 0.6) is 0 Å². The predicted octanol–water partition coefficient (Wildman–Crippen LogP) is 4.51. The number of aryl methyl sites for hydroxylation is 1. The molecule has 4 nitrogen and oxygen atoms in total. The van der Waals surface area contributed by atoms with Crippen molar-refractivity contribution in [3.63, 3.8) is 0 Å². The molecule has 2 heterocycles. The average molecular weight is 385 g/mol. The van der Waals surface area contributed by atoms with Crippen LogP contribution in [0.3, 0.4) is 0 Å². The zero-order chi connectivity index (χ0) is 19.7. The second-order valence-corrected chi connectivity index (χ2v) is 7.72. The van der Waals surface area contributed by atoms with Crippen LogP contribution in [0, 0.1) is 18.8 Å². The zero-order valence-corrected chi connectivity index (χ0v) is 16.4. The minimum atomic E-state index is -1.28. The first-order chi connectivity index (χ1) is 13.4. The van der Waals surface area contributed by atoms with E-state index in [2.05, 4.69) is 40.9 Å². The quantitative estimate of drug-likeness (QED) is 0.498. The molecule has 2 aromatic heterocycles. The number of aliphatic hydroxyl groups is 1. The maximum atomic E-state index is 10.6. The molecular weight excluding hydrogens is 366 g/mol. The molecule has 0 aliphatic heterocycles. The van der Waals surface area contributed by atoms with Crippen LogP contribution in [0.25, 0.3) is 21.9 Å². The fraction of sp³-hybridized carbons (Fsp3) is 0.130. The largest absolute Gasteiger partial charge is 0.383 e. The van der Waals surface area contributed by atoms with E-state index in [9.17, 15) is 5.11 Å². The first-order valence-electron chi connectivity index (χ1n) is 8.85. The van der Waals surface area contributed by atoms with Crippen LogP contribution in [-0.4, -0.2) is 15.1 Å². The van der Waals surface area contributed by atoms with Gasteiger partial charge in [-0.15, -0.1) is 11.3 Å². The molecule has 4 rings (SSSR count). The Morgan fingerprint density at radius 1 is 1.07 bits per heavy atom. The van der Waals surface area contributed by atoms with Crippen LogP contribution in [0.4, 0.5) is 5.82 Å². The third kappa shape index (κ3) is 3.48. The third-order valence-corrected chi connectivity index (χ3v) is 5.63. The fourth-order valence-corrected chi connectivity index (χ4v) is 3.73. The summed E-state index contributed by atoms with van der Waals surface area (Å²) >= 11 is 1.39. The van der Waals surface area contributed by atoms with Crippen molar-refractivity contribution in [1.29, 1.82) is 0 Å². The standard InChI is InChI=1S/C23H19N3OS/c1-15-3-4-16(7-9-23(2,27)22-26-11-12-28-22)13-19(15)18-6-5-17-8-10-25-21(24)20(17)14-18/h3-6,8,10-14,27H,1-2H3,(H2,24,25)/t23-/m1/s1. The summed E-state index contributed by atoms with van der Waals surface area (Å²) in [6.45, 7) is 3.72. The predicted molar refractivity (Wildman–Crippen MR) is 115 cm³/mol. The van der Waals surface area contributed by atoms with Crippen molar-refractivity contribution in [2.75, 3.05) is 5.73 Å². The lowest BCUT2D eigenvalue weighted by molar-refractivity contribution is 0.122. The van der Waals surface area contributed by atoms with E-state index in [4.69, 9.17) is 5.73 Å². The summed E-state index contributed by atoms with van der Waals surface area (Å²) < 4.78 is 0. The minimum Gasteiger partial charge on any atom is -0.383 e. The molecule has 0 unspecified atom stereocenters. The number of nitrogens with zero attached hydrogens (tertiary/aromatic N) is 2. The van der Waals surface area contributed by atoms with E-state index in [1.807, 2.05) is 35.7 Å². The van der Waals surface area contributed by atoms with E-state index in [0.717, 1.165) is 33.0 Å². The van der Waals surface area contributed by atoms with Gasteiger partial charge in [0.1, 0.15) is 10.8 Å². The molecule has 0 amide bonds. The monoisotopic (exact) mass is 385 g/mol. The Hall–Kier alpha value is -3.20. The first-order valence-corrected chi connectivity index (χ1v) is 9.73. The van der Waals surface area contributed by atoms with Gasteiger partial charge in [0.2, 0.25) is 0 Å². The van der Waals surface area contributed by atoms with Gasteiger partial charge in [-0.1, -0.05) is 30.0 Å². The van der Waals surface area contributed by atoms with Gasteiger partial charge in [0, 0.05) is 28.7 Å². The number of hydrogen-bond donors (Lipinski definition) is 2. The molecule has 5 heteroatoms. The number of pyridine rings is 1. The topological polar surface area (TPSA) is 72.0 Å². The molecular formula is C23H19N3OS. The molecule has 0 aliphatic carbocycles. The summed E-state index contributed by atoms with van der Waals surface area (Å²) in [5, 5.41) is 15.0. The van der Waals surface area contributed by atoms with E-state index in [1.165, 1.54) is 11.3 Å². The molecule has 0 spiro atoms. The molecule has 138 valence electrons. The number of nitrogen functional groups attached to an aromatic ring is 1. The fourth-order valence-electron chi connectivity index (χ4n) is 3.08. The number of nitrogens with two attached hydrogens (primary N) is 1. The van der Waals surface area contributed by atoms with Crippen molar-refractivity contribution in [2.45, 2.75) is 19.4 Å². The van der Waals surface area contributed by atoms with Crippen molar-refractivity contribution in [3.05, 3.63) is 76.4 Å². The number of rotatable bonds is 2. The van der Waals surface area contributed by atoms with E-state index >= 15 is 0 Å². The highest BCUT2D eigenvalue weighted by atomic mass is 32.1. The number of aromatic nitrogens is 2. The van der Waals surface area contributed by atoms with Crippen LogP contribution in [0.2, 0.25) is 0 Å². The summed E-state index contributed by atoms with van der Waals surface area (Å²) in [5.74, 6) is 6.55. The van der Waals surface area contributed by atoms with Crippen molar-refractivity contribution >= 4 is 27.9 Å². The second kappa shape index (κ2) is 7.08. The number of anilines is 1. The Morgan fingerprint density at radius 3 is 2.71 bits per heavy atom. The van der Waals surface area contributed by atoms with E-state index in [-0.39, 0.29) is 0 Å². The van der Waals surface area contributed by atoms with Gasteiger partial charge in [-0.05, 0) is 60.2 Å². The van der Waals surface area contributed by atoms with E-state index in [0.29, 0.717) is 10.8 Å². The number of hydrogen-bond acceptors (Lipinski definition) is 5. The number of fused-ring (bicyclic) bond motifs is 1. The third-order valence-electron chi connectivity index (χ3n) is 4.64. The number of benzene rings is 2. The minimum absolute atomic E-state index is 0.521. The Morgan fingerprint density at radius 2 is 1.93 bits per heavy atom. The molecule has 0 aliphatic rings. The summed E-state index contributed by atoms with van der Waals surface area (Å²) in [6, 6.07) is 14.2. The number of thiazole rings is 1. The lowest BCUT2D eigenvalue weighted by atomic mass is 9.96. The molecule has 0 fully saturated rings. The molecule has 0 saturated heterocycles. The maximum Gasteiger partial charge on any atom is 0.174 e. The molecule has 4 aromatic rings. The van der Waals surface area contributed by atoms with Gasteiger partial charge in [-0.3, -0.25) is 0 Å². The van der Waals surface area contributed by atoms with Gasteiger partial charge in [0.05, 0.1) is 0 Å². The van der Waals surface area contributed by atoms with Gasteiger partial charge in [0.15, 0.2) is 5.60 Å². The highest BCUT2D eigenvalue weighted by Gasteiger charge is 2.22. The van der Waals surface area contributed by atoms with Crippen LogP contribution >= 0.6 is 11.3 Å². The van der Waals surface area contributed by atoms with Crippen molar-refractivity contribution in [1.82, 2.24) is 9.97 Å². The van der Waals surface area contributed by atoms with Crippen LogP contribution < -0.4 is 5.73 Å². The summed E-state index contributed by atoms with van der Waals surface area (Å²) in [4.78, 5) is 8.35. The van der Waals surface area contributed by atoms with Crippen LogP contribution in [0.15, 0.2) is 60.2 Å². The summed E-state index contributed by atoms with van der Waals surface area (Å²) in [5.41, 5.74) is 8.87. The van der Waals surface area contributed by atoms with Gasteiger partial charge in [0.25, 0.3) is 0 Å². The van der Waals surface area contributed by atoms with Crippen LogP contribution in [0.1, 0.15) is 23.1 Å². The lowest BCUT2D eigenvalue weighted by Crippen LogP contribution is -2.17. The molecule has 0 radical (unpaired) electrons. The highest BCUT2D eigenvalue weighted by molar-refractivity contribution is 7.09. The Kier molecular flexibility index (Phi) is 4.60. The van der Waals surface area contributed by atoms with Gasteiger partial charge < -0.3 is 10.8 Å². The zero-order valence-electron chi connectivity index (χ0n) is 15.6.